The molecule has 0 fully saturated rings. The Morgan fingerprint density at radius 3 is 2.38 bits per heavy atom. The van der Waals surface area contributed by atoms with Gasteiger partial charge in [0.15, 0.2) is 11.5 Å². The number of benzene rings is 3. The van der Waals surface area contributed by atoms with E-state index in [9.17, 15) is 0 Å². The molecule has 0 saturated carbocycles. The summed E-state index contributed by atoms with van der Waals surface area (Å²) in [5.74, 6) is 2.40. The smallest absolute Gasteiger partial charge is 0.161 e. The van der Waals surface area contributed by atoms with Gasteiger partial charge in [-0.1, -0.05) is 61.2 Å². The number of fused-ring (bicyclic) bond motifs is 1. The van der Waals surface area contributed by atoms with Gasteiger partial charge in [0.05, 0.1) is 0 Å². The zero-order valence-corrected chi connectivity index (χ0v) is 14.5. The van der Waals surface area contributed by atoms with E-state index < -0.39 is 0 Å². The summed E-state index contributed by atoms with van der Waals surface area (Å²) in [6.07, 6.45) is 1.81. The monoisotopic (exact) mass is 344 g/mol. The Balaban J connectivity index is 1.62. The van der Waals surface area contributed by atoms with Crippen LogP contribution < -0.4 is 14.2 Å². The summed E-state index contributed by atoms with van der Waals surface area (Å²) in [5.41, 5.74) is 4.24. The van der Waals surface area contributed by atoms with Crippen LogP contribution in [0.25, 0.3) is 17.2 Å². The molecule has 1 heterocycles. The quantitative estimate of drug-likeness (QED) is 0.625. The van der Waals surface area contributed by atoms with Gasteiger partial charge in [-0.15, -0.1) is 0 Å². The Kier molecular flexibility index (Phi) is 4.61. The molecule has 26 heavy (non-hydrogen) atoms. The minimum Gasteiger partial charge on any atom is -0.488 e. The van der Waals surface area contributed by atoms with Crippen LogP contribution >= 0.6 is 0 Å². The first kappa shape index (κ1) is 16.3. The van der Waals surface area contributed by atoms with Crippen molar-refractivity contribution in [2.75, 3.05) is 13.2 Å². The third kappa shape index (κ3) is 3.42. The van der Waals surface area contributed by atoms with Gasteiger partial charge in [0.1, 0.15) is 25.6 Å². The lowest BCUT2D eigenvalue weighted by Crippen LogP contribution is -2.15. The van der Waals surface area contributed by atoms with Crippen LogP contribution in [0.15, 0.2) is 73.3 Å². The van der Waals surface area contributed by atoms with Gasteiger partial charge >= 0.3 is 0 Å². The van der Waals surface area contributed by atoms with Crippen LogP contribution in [-0.2, 0) is 6.61 Å². The second-order valence-electron chi connectivity index (χ2n) is 6.09. The van der Waals surface area contributed by atoms with Gasteiger partial charge in [-0.3, -0.25) is 0 Å². The van der Waals surface area contributed by atoms with E-state index in [-0.39, 0.29) is 0 Å². The van der Waals surface area contributed by atoms with Crippen molar-refractivity contribution in [3.05, 3.63) is 84.4 Å². The summed E-state index contributed by atoms with van der Waals surface area (Å²) in [6, 6.07) is 22.3. The number of ether oxygens (including phenoxy) is 3. The maximum Gasteiger partial charge on any atom is 0.161 e. The van der Waals surface area contributed by atoms with Crippen molar-refractivity contribution < 1.29 is 14.2 Å². The van der Waals surface area contributed by atoms with Crippen molar-refractivity contribution in [2.24, 2.45) is 0 Å². The molecule has 3 heteroatoms. The topological polar surface area (TPSA) is 27.7 Å². The van der Waals surface area contributed by atoms with Gasteiger partial charge in [0.2, 0.25) is 0 Å². The molecule has 0 aromatic heterocycles. The molecule has 0 atom stereocenters. The first-order chi connectivity index (χ1) is 12.8. The molecule has 1 aliphatic rings. The Labute approximate surface area is 153 Å². The molecular weight excluding hydrogens is 324 g/mol. The Bertz CT molecular complexity index is 916. The van der Waals surface area contributed by atoms with Gasteiger partial charge in [-0.25, -0.2) is 0 Å². The maximum atomic E-state index is 6.06. The molecule has 0 bridgehead atoms. The van der Waals surface area contributed by atoms with E-state index in [2.05, 4.69) is 24.8 Å². The van der Waals surface area contributed by atoms with Crippen LogP contribution in [0.3, 0.4) is 0 Å². The molecule has 0 saturated heterocycles. The Morgan fingerprint density at radius 1 is 0.846 bits per heavy atom. The van der Waals surface area contributed by atoms with Crippen LogP contribution in [0.2, 0.25) is 0 Å². The molecule has 0 unspecified atom stereocenters. The van der Waals surface area contributed by atoms with Crippen LogP contribution in [0, 0.1) is 0 Å². The number of hydrogen-bond acceptors (Lipinski definition) is 3. The van der Waals surface area contributed by atoms with Gasteiger partial charge in [0, 0.05) is 5.56 Å². The lowest BCUT2D eigenvalue weighted by Gasteiger charge is -2.19. The van der Waals surface area contributed by atoms with Gasteiger partial charge in [-0.05, 0) is 34.9 Å². The van der Waals surface area contributed by atoms with E-state index in [1.54, 1.807) is 0 Å². The van der Waals surface area contributed by atoms with E-state index >= 15 is 0 Å². The summed E-state index contributed by atoms with van der Waals surface area (Å²) in [7, 11) is 0. The van der Waals surface area contributed by atoms with E-state index in [0.717, 1.165) is 39.5 Å². The predicted molar refractivity (Wildman–Crippen MR) is 104 cm³/mol. The van der Waals surface area contributed by atoms with Gasteiger partial charge < -0.3 is 14.2 Å². The average Bonchev–Trinajstić information content (AvgIpc) is 2.72. The summed E-state index contributed by atoms with van der Waals surface area (Å²) in [5, 5.41) is 0. The molecule has 0 N–H and O–H groups in total. The fourth-order valence-corrected chi connectivity index (χ4v) is 2.97. The fourth-order valence-electron chi connectivity index (χ4n) is 2.97. The number of hydrogen-bond donors (Lipinski definition) is 0. The normalized spacial score (nSPS) is 12.5. The van der Waals surface area contributed by atoms with Crippen molar-refractivity contribution in [3.63, 3.8) is 0 Å². The van der Waals surface area contributed by atoms with Gasteiger partial charge in [0.25, 0.3) is 0 Å². The third-order valence-corrected chi connectivity index (χ3v) is 4.35. The highest BCUT2D eigenvalue weighted by molar-refractivity contribution is 5.71. The Hall–Kier alpha value is -3.20. The zero-order valence-electron chi connectivity index (χ0n) is 14.5. The molecule has 0 amide bonds. The van der Waals surface area contributed by atoms with Crippen molar-refractivity contribution in [3.8, 4) is 28.4 Å². The van der Waals surface area contributed by atoms with Crippen molar-refractivity contribution >= 4 is 6.08 Å². The molecule has 0 aliphatic carbocycles. The summed E-state index contributed by atoms with van der Waals surface area (Å²) >= 11 is 0. The zero-order chi connectivity index (χ0) is 17.8. The van der Waals surface area contributed by atoms with E-state index in [1.165, 1.54) is 0 Å². The van der Waals surface area contributed by atoms with Crippen molar-refractivity contribution in [1.82, 2.24) is 0 Å². The molecule has 0 radical (unpaired) electrons. The first-order valence-corrected chi connectivity index (χ1v) is 8.67. The molecule has 0 spiro atoms. The lowest BCUT2D eigenvalue weighted by atomic mass is 10.0. The highest BCUT2D eigenvalue weighted by atomic mass is 16.6. The fraction of sp³-hybridized carbons (Fsp3) is 0.130. The lowest BCUT2D eigenvalue weighted by molar-refractivity contribution is 0.171. The summed E-state index contributed by atoms with van der Waals surface area (Å²) in [4.78, 5) is 0. The molecule has 3 nitrogen and oxygen atoms in total. The standard InChI is InChI=1S/C23H20O3/c1-2-18-8-9-19(14-22(18)26-16-17-6-4-3-5-7-17)20-10-11-21-23(15-20)25-13-12-24-21/h2-11,14-15H,1,12-13,16H2. The number of rotatable bonds is 5. The van der Waals surface area contributed by atoms with Crippen molar-refractivity contribution in [1.29, 1.82) is 0 Å². The first-order valence-electron chi connectivity index (χ1n) is 8.67. The highest BCUT2D eigenvalue weighted by Gasteiger charge is 2.13. The molecule has 3 aromatic rings. The van der Waals surface area contributed by atoms with Crippen molar-refractivity contribution in [2.45, 2.75) is 6.61 Å². The second-order valence-corrected chi connectivity index (χ2v) is 6.09. The maximum absolute atomic E-state index is 6.06. The molecule has 130 valence electrons. The van der Waals surface area contributed by atoms with Gasteiger partial charge in [-0.2, -0.15) is 0 Å². The third-order valence-electron chi connectivity index (χ3n) is 4.35. The van der Waals surface area contributed by atoms with Crippen LogP contribution in [0.5, 0.6) is 17.2 Å². The predicted octanol–water partition coefficient (Wildman–Crippen LogP) is 5.35. The van der Waals surface area contributed by atoms with E-state index in [4.69, 9.17) is 14.2 Å². The molecular formula is C23H20O3. The van der Waals surface area contributed by atoms with E-state index in [0.29, 0.717) is 19.8 Å². The minimum absolute atomic E-state index is 0.520. The SMILES string of the molecule is C=Cc1ccc(-c2ccc3c(c2)OCCO3)cc1OCc1ccccc1. The average molecular weight is 344 g/mol. The molecule has 4 rings (SSSR count). The summed E-state index contributed by atoms with van der Waals surface area (Å²) in [6.45, 7) is 5.59. The van der Waals surface area contributed by atoms with Crippen LogP contribution in [0.4, 0.5) is 0 Å². The highest BCUT2D eigenvalue weighted by Crippen LogP contribution is 2.36. The second kappa shape index (κ2) is 7.36. The van der Waals surface area contributed by atoms with Crippen LogP contribution in [-0.4, -0.2) is 13.2 Å². The summed E-state index contributed by atoms with van der Waals surface area (Å²) < 4.78 is 17.4. The van der Waals surface area contributed by atoms with E-state index in [1.807, 2.05) is 54.6 Å². The molecule has 1 aliphatic heterocycles. The molecule has 3 aromatic carbocycles. The largest absolute Gasteiger partial charge is 0.488 e. The minimum atomic E-state index is 0.520. The van der Waals surface area contributed by atoms with Crippen LogP contribution in [0.1, 0.15) is 11.1 Å². The Morgan fingerprint density at radius 2 is 1.58 bits per heavy atom.